The maximum absolute atomic E-state index is 13.9. The van der Waals surface area contributed by atoms with E-state index in [0.29, 0.717) is 21.6 Å². The van der Waals surface area contributed by atoms with Gasteiger partial charge in [-0.1, -0.05) is 47.6 Å². The summed E-state index contributed by atoms with van der Waals surface area (Å²) in [6.07, 6.45) is 0. The van der Waals surface area contributed by atoms with Crippen molar-refractivity contribution in [3.05, 3.63) is 93.7 Å². The van der Waals surface area contributed by atoms with Crippen LogP contribution < -0.4 is 10.9 Å². The normalized spacial score (nSPS) is 12.0. The molecule has 0 fully saturated rings. The van der Waals surface area contributed by atoms with Gasteiger partial charge in [-0.15, -0.1) is 0 Å². The van der Waals surface area contributed by atoms with Crippen LogP contribution in [0.2, 0.25) is 5.02 Å². The van der Waals surface area contributed by atoms with Gasteiger partial charge in [0.05, 0.1) is 21.8 Å². The van der Waals surface area contributed by atoms with Crippen LogP contribution in [0, 0.1) is 11.6 Å². The molecule has 162 valence electrons. The highest BCUT2D eigenvalue weighted by Crippen LogP contribution is 2.27. The zero-order chi connectivity index (χ0) is 22.8. The van der Waals surface area contributed by atoms with E-state index >= 15 is 0 Å². The van der Waals surface area contributed by atoms with Crippen LogP contribution >= 0.6 is 23.4 Å². The Morgan fingerprint density at radius 3 is 2.47 bits per heavy atom. The van der Waals surface area contributed by atoms with Crippen LogP contribution in [0.4, 0.5) is 14.5 Å². The standard InChI is InChI=1S/C23H16ClF2N3O2S/c1-13(21(30)28-20-17(25)9-5-10-18(20)26)32-23-27-19-11-3-2-8-16(19)22(31)29(23)15-7-4-6-14(24)12-15/h2-13H,1H3,(H,28,30). The summed E-state index contributed by atoms with van der Waals surface area (Å²) in [5, 5.41) is 2.52. The van der Waals surface area contributed by atoms with Gasteiger partial charge in [0.2, 0.25) is 5.91 Å². The second kappa shape index (κ2) is 9.10. The highest BCUT2D eigenvalue weighted by Gasteiger charge is 2.22. The number of rotatable bonds is 5. The maximum atomic E-state index is 13.9. The van der Waals surface area contributed by atoms with Gasteiger partial charge in [0.25, 0.3) is 5.56 Å². The Labute approximate surface area is 191 Å². The molecule has 4 rings (SSSR count). The van der Waals surface area contributed by atoms with Gasteiger partial charge >= 0.3 is 0 Å². The summed E-state index contributed by atoms with van der Waals surface area (Å²) < 4.78 is 29.2. The van der Waals surface area contributed by atoms with Crippen LogP contribution in [0.15, 0.2) is 76.7 Å². The highest BCUT2D eigenvalue weighted by atomic mass is 35.5. The van der Waals surface area contributed by atoms with Crippen molar-refractivity contribution in [2.75, 3.05) is 5.32 Å². The quantitative estimate of drug-likeness (QED) is 0.311. The van der Waals surface area contributed by atoms with Crippen LogP contribution in [0.25, 0.3) is 16.6 Å². The number of amides is 1. The lowest BCUT2D eigenvalue weighted by Gasteiger charge is -2.17. The van der Waals surface area contributed by atoms with E-state index in [4.69, 9.17) is 11.6 Å². The van der Waals surface area contributed by atoms with Crippen LogP contribution in [0.3, 0.4) is 0 Å². The summed E-state index contributed by atoms with van der Waals surface area (Å²) in [5.41, 5.74) is 0.0961. The lowest BCUT2D eigenvalue weighted by atomic mass is 10.2. The van der Waals surface area contributed by atoms with Crippen molar-refractivity contribution in [3.8, 4) is 5.69 Å². The lowest BCUT2D eigenvalue weighted by Crippen LogP contribution is -2.26. The molecule has 0 saturated heterocycles. The number of carbonyl (C=O) groups excluding carboxylic acids is 1. The molecule has 0 radical (unpaired) electrons. The first-order valence-electron chi connectivity index (χ1n) is 9.54. The van der Waals surface area contributed by atoms with E-state index in [9.17, 15) is 18.4 Å². The molecule has 0 spiro atoms. The third kappa shape index (κ3) is 4.37. The van der Waals surface area contributed by atoms with Gasteiger partial charge in [0, 0.05) is 5.02 Å². The molecule has 0 aliphatic rings. The number of hydrogen-bond donors (Lipinski definition) is 1. The second-order valence-electron chi connectivity index (χ2n) is 6.88. The first kappa shape index (κ1) is 22.0. The average molecular weight is 472 g/mol. The van der Waals surface area contributed by atoms with Gasteiger partial charge in [-0.3, -0.25) is 14.2 Å². The minimum atomic E-state index is -0.879. The summed E-state index contributed by atoms with van der Waals surface area (Å²) >= 11 is 7.11. The van der Waals surface area contributed by atoms with Gasteiger partial charge in [-0.05, 0) is 49.4 Å². The summed E-state index contributed by atoms with van der Waals surface area (Å²) in [7, 11) is 0. The molecule has 1 N–H and O–H groups in total. The van der Waals surface area contributed by atoms with Crippen molar-refractivity contribution < 1.29 is 13.6 Å². The molecular weight excluding hydrogens is 456 g/mol. The average Bonchev–Trinajstić information content (AvgIpc) is 2.76. The number of nitrogens with zero attached hydrogens (tertiary/aromatic N) is 2. The predicted octanol–water partition coefficient (Wildman–Crippen LogP) is 5.44. The third-order valence-corrected chi connectivity index (χ3v) is 5.96. The van der Waals surface area contributed by atoms with E-state index in [1.54, 1.807) is 55.5 Å². The Morgan fingerprint density at radius 2 is 1.75 bits per heavy atom. The van der Waals surface area contributed by atoms with Crippen molar-refractivity contribution in [2.24, 2.45) is 0 Å². The molecule has 0 saturated carbocycles. The van der Waals surface area contributed by atoms with E-state index in [2.05, 4.69) is 10.3 Å². The largest absolute Gasteiger partial charge is 0.320 e. The molecule has 1 atom stereocenters. The number of anilines is 1. The smallest absolute Gasteiger partial charge is 0.266 e. The van der Waals surface area contributed by atoms with E-state index in [1.807, 2.05) is 0 Å². The molecular formula is C23H16ClF2N3O2S. The predicted molar refractivity (Wildman–Crippen MR) is 123 cm³/mol. The Kier molecular flexibility index (Phi) is 6.25. The van der Waals surface area contributed by atoms with E-state index in [-0.39, 0.29) is 10.7 Å². The molecule has 0 bridgehead atoms. The van der Waals surface area contributed by atoms with E-state index < -0.39 is 28.5 Å². The van der Waals surface area contributed by atoms with Crippen LogP contribution in [0.5, 0.6) is 0 Å². The fourth-order valence-corrected chi connectivity index (χ4v) is 4.20. The number of para-hydroxylation sites is 2. The van der Waals surface area contributed by atoms with Crippen molar-refractivity contribution in [1.82, 2.24) is 9.55 Å². The molecule has 1 unspecified atom stereocenters. The summed E-state index contributed by atoms with van der Waals surface area (Å²) in [5.74, 6) is -2.40. The van der Waals surface area contributed by atoms with Crippen molar-refractivity contribution in [1.29, 1.82) is 0 Å². The van der Waals surface area contributed by atoms with Gasteiger partial charge in [0.1, 0.15) is 17.3 Å². The van der Waals surface area contributed by atoms with Gasteiger partial charge in [-0.2, -0.15) is 0 Å². The van der Waals surface area contributed by atoms with Crippen molar-refractivity contribution in [2.45, 2.75) is 17.3 Å². The zero-order valence-corrected chi connectivity index (χ0v) is 18.3. The van der Waals surface area contributed by atoms with Crippen molar-refractivity contribution >= 4 is 45.9 Å². The summed E-state index contributed by atoms with van der Waals surface area (Å²) in [6.45, 7) is 1.56. The monoisotopic (exact) mass is 471 g/mol. The number of aromatic nitrogens is 2. The minimum absolute atomic E-state index is 0.243. The number of carbonyl (C=O) groups is 1. The maximum Gasteiger partial charge on any atom is 0.266 e. The number of hydrogen-bond acceptors (Lipinski definition) is 4. The molecule has 1 amide bonds. The SMILES string of the molecule is CC(Sc1nc2ccccc2c(=O)n1-c1cccc(Cl)c1)C(=O)Nc1c(F)cccc1F. The molecule has 1 heterocycles. The molecule has 0 aliphatic carbocycles. The molecule has 0 aliphatic heterocycles. The lowest BCUT2D eigenvalue weighted by molar-refractivity contribution is -0.115. The Morgan fingerprint density at radius 1 is 1.06 bits per heavy atom. The topological polar surface area (TPSA) is 64.0 Å². The zero-order valence-electron chi connectivity index (χ0n) is 16.7. The molecule has 5 nitrogen and oxygen atoms in total. The van der Waals surface area contributed by atoms with Gasteiger partial charge in [-0.25, -0.2) is 13.8 Å². The number of nitrogens with one attached hydrogen (secondary N) is 1. The number of thioether (sulfide) groups is 1. The number of halogens is 3. The summed E-state index contributed by atoms with van der Waals surface area (Å²) in [4.78, 5) is 30.5. The third-order valence-electron chi connectivity index (χ3n) is 4.67. The Balaban J connectivity index is 1.74. The van der Waals surface area contributed by atoms with Crippen LogP contribution in [-0.2, 0) is 4.79 Å². The van der Waals surface area contributed by atoms with E-state index in [0.717, 1.165) is 23.9 Å². The first-order chi connectivity index (χ1) is 15.3. The van der Waals surface area contributed by atoms with Crippen LogP contribution in [-0.4, -0.2) is 20.7 Å². The van der Waals surface area contributed by atoms with E-state index in [1.165, 1.54) is 10.6 Å². The van der Waals surface area contributed by atoms with Gasteiger partial charge < -0.3 is 5.32 Å². The molecule has 32 heavy (non-hydrogen) atoms. The fraction of sp³-hybridized carbons (Fsp3) is 0.0870. The molecule has 4 aromatic rings. The molecule has 1 aromatic heterocycles. The fourth-order valence-electron chi connectivity index (χ4n) is 3.09. The van der Waals surface area contributed by atoms with Gasteiger partial charge in [0.15, 0.2) is 5.16 Å². The first-order valence-corrected chi connectivity index (χ1v) is 10.8. The summed E-state index contributed by atoms with van der Waals surface area (Å²) in [6, 6.07) is 16.9. The molecule has 9 heteroatoms. The van der Waals surface area contributed by atoms with Crippen molar-refractivity contribution in [3.63, 3.8) is 0 Å². The Bertz CT molecular complexity index is 1370. The minimum Gasteiger partial charge on any atom is -0.320 e. The highest BCUT2D eigenvalue weighted by molar-refractivity contribution is 8.00. The number of fused-ring (bicyclic) bond motifs is 1. The van der Waals surface area contributed by atoms with Crippen LogP contribution in [0.1, 0.15) is 6.92 Å². The molecule has 3 aromatic carbocycles. The Hall–Kier alpha value is -3.23. The number of benzene rings is 3. The second-order valence-corrected chi connectivity index (χ2v) is 8.62.